The van der Waals surface area contributed by atoms with Gasteiger partial charge >= 0.3 is 5.97 Å². The molecule has 2 rings (SSSR count). The van der Waals surface area contributed by atoms with Crippen LogP contribution in [-0.4, -0.2) is 28.7 Å². The van der Waals surface area contributed by atoms with Gasteiger partial charge in [0.15, 0.2) is 6.61 Å². The summed E-state index contributed by atoms with van der Waals surface area (Å²) >= 11 is 5.99. The predicted octanol–water partition coefficient (Wildman–Crippen LogP) is 2.86. The summed E-state index contributed by atoms with van der Waals surface area (Å²) in [5.41, 5.74) is 1.21. The molecule has 6 nitrogen and oxygen atoms in total. The molecule has 2 aromatic carbocycles. The summed E-state index contributed by atoms with van der Waals surface area (Å²) < 4.78 is 4.81. The third-order valence-electron chi connectivity index (χ3n) is 2.93. The maximum absolute atomic E-state index is 11.8. The van der Waals surface area contributed by atoms with Gasteiger partial charge in [0.2, 0.25) is 0 Å². The number of aromatic hydroxyl groups is 2. The zero-order chi connectivity index (χ0) is 17.0. The molecule has 120 valence electrons. The van der Waals surface area contributed by atoms with E-state index in [0.717, 1.165) is 11.6 Å². The van der Waals surface area contributed by atoms with Crippen LogP contribution in [0.25, 0.3) is 0 Å². The van der Waals surface area contributed by atoms with Gasteiger partial charge in [0.1, 0.15) is 17.1 Å². The molecule has 0 fully saturated rings. The molecule has 1 amide bonds. The van der Waals surface area contributed by atoms with Crippen molar-refractivity contribution in [3.8, 4) is 11.5 Å². The number of phenolic OH excluding ortho intramolecular Hbond substituents is 2. The Bertz CT molecular complexity index is 760. The number of benzene rings is 2. The molecule has 0 heterocycles. The summed E-state index contributed by atoms with van der Waals surface area (Å²) in [5, 5.41) is 21.6. The summed E-state index contributed by atoms with van der Waals surface area (Å²) in [6.45, 7) is 1.33. The number of carbonyl (C=O) groups is 2. The highest BCUT2D eigenvalue weighted by atomic mass is 35.5. The second-order valence-corrected chi connectivity index (χ2v) is 5.22. The minimum absolute atomic E-state index is 0.149. The monoisotopic (exact) mass is 335 g/mol. The highest BCUT2D eigenvalue weighted by Crippen LogP contribution is 2.24. The number of ether oxygens (including phenoxy) is 1. The number of hydrogen-bond donors (Lipinski definition) is 3. The average Bonchev–Trinajstić information content (AvgIpc) is 2.48. The lowest BCUT2D eigenvalue weighted by atomic mass is 10.2. The molecule has 2 aromatic rings. The number of esters is 1. The van der Waals surface area contributed by atoms with Crippen molar-refractivity contribution < 1.29 is 24.5 Å². The number of phenols is 2. The summed E-state index contributed by atoms with van der Waals surface area (Å²) in [7, 11) is 0. The quantitative estimate of drug-likeness (QED) is 0.747. The molecule has 7 heteroatoms. The number of anilines is 1. The summed E-state index contributed by atoms with van der Waals surface area (Å²) in [6.07, 6.45) is 0. The van der Waals surface area contributed by atoms with Gasteiger partial charge in [-0.05, 0) is 36.8 Å². The molecule has 0 saturated carbocycles. The normalized spacial score (nSPS) is 10.2. The second kappa shape index (κ2) is 7.02. The van der Waals surface area contributed by atoms with Crippen LogP contribution in [0.2, 0.25) is 5.02 Å². The zero-order valence-electron chi connectivity index (χ0n) is 12.2. The Labute approximate surface area is 137 Å². The van der Waals surface area contributed by atoms with E-state index >= 15 is 0 Å². The van der Waals surface area contributed by atoms with E-state index in [2.05, 4.69) is 5.32 Å². The van der Waals surface area contributed by atoms with Crippen LogP contribution in [0.15, 0.2) is 36.4 Å². The first-order chi connectivity index (χ1) is 10.9. The van der Waals surface area contributed by atoms with E-state index in [4.69, 9.17) is 21.4 Å². The lowest BCUT2D eigenvalue weighted by molar-refractivity contribution is -0.119. The summed E-state index contributed by atoms with van der Waals surface area (Å²) in [4.78, 5) is 23.6. The Kier molecular flexibility index (Phi) is 5.08. The van der Waals surface area contributed by atoms with Crippen LogP contribution in [0, 0.1) is 6.92 Å². The first kappa shape index (κ1) is 16.6. The maximum Gasteiger partial charge on any atom is 0.342 e. The molecular weight excluding hydrogens is 322 g/mol. The Balaban J connectivity index is 1.94. The van der Waals surface area contributed by atoms with Crippen LogP contribution in [0.1, 0.15) is 15.9 Å². The predicted molar refractivity (Wildman–Crippen MR) is 84.9 cm³/mol. The van der Waals surface area contributed by atoms with Gasteiger partial charge in [-0.2, -0.15) is 0 Å². The zero-order valence-corrected chi connectivity index (χ0v) is 12.9. The van der Waals surface area contributed by atoms with E-state index in [0.29, 0.717) is 10.7 Å². The van der Waals surface area contributed by atoms with Crippen molar-refractivity contribution in [2.45, 2.75) is 6.92 Å². The summed E-state index contributed by atoms with van der Waals surface area (Å²) in [6, 6.07) is 8.54. The molecular formula is C16H14ClNO5. The Morgan fingerprint density at radius 1 is 1.17 bits per heavy atom. The van der Waals surface area contributed by atoms with Crippen molar-refractivity contribution in [2.75, 3.05) is 11.9 Å². The van der Waals surface area contributed by atoms with Crippen LogP contribution in [-0.2, 0) is 9.53 Å². The van der Waals surface area contributed by atoms with Gasteiger partial charge in [0, 0.05) is 6.07 Å². The number of aryl methyl sites for hydroxylation is 1. The van der Waals surface area contributed by atoms with E-state index in [-0.39, 0.29) is 11.3 Å². The molecule has 3 N–H and O–H groups in total. The number of amides is 1. The highest BCUT2D eigenvalue weighted by Gasteiger charge is 2.15. The lowest BCUT2D eigenvalue weighted by Crippen LogP contribution is -2.21. The highest BCUT2D eigenvalue weighted by molar-refractivity contribution is 6.33. The van der Waals surface area contributed by atoms with E-state index in [1.807, 2.05) is 6.92 Å². The fourth-order valence-electron chi connectivity index (χ4n) is 1.81. The van der Waals surface area contributed by atoms with Gasteiger partial charge in [0.25, 0.3) is 5.91 Å². The smallest absolute Gasteiger partial charge is 0.342 e. The Morgan fingerprint density at radius 2 is 1.91 bits per heavy atom. The molecule has 0 aliphatic rings. The Hall–Kier alpha value is -2.73. The minimum atomic E-state index is -0.882. The van der Waals surface area contributed by atoms with Crippen molar-refractivity contribution >= 4 is 29.2 Å². The van der Waals surface area contributed by atoms with Crippen LogP contribution >= 0.6 is 11.6 Å². The first-order valence-corrected chi connectivity index (χ1v) is 6.99. The fourth-order valence-corrected chi connectivity index (χ4v) is 2.09. The molecule has 0 unspecified atom stereocenters. The largest absolute Gasteiger partial charge is 0.508 e. The third kappa shape index (κ3) is 4.37. The van der Waals surface area contributed by atoms with E-state index < -0.39 is 24.2 Å². The number of hydrogen-bond acceptors (Lipinski definition) is 5. The third-order valence-corrected chi connectivity index (χ3v) is 3.25. The topological polar surface area (TPSA) is 95.9 Å². The van der Waals surface area contributed by atoms with Crippen molar-refractivity contribution in [1.82, 2.24) is 0 Å². The fraction of sp³-hybridized carbons (Fsp3) is 0.125. The van der Waals surface area contributed by atoms with Gasteiger partial charge in [-0.3, -0.25) is 4.79 Å². The molecule has 0 aliphatic heterocycles. The molecule has 0 spiro atoms. The standard InChI is InChI=1S/C16H14ClNO5/c1-9-2-5-13(12(17)6-9)18-15(21)8-23-16(22)11-4-3-10(19)7-14(11)20/h2-7,19-20H,8H2,1H3,(H,18,21). The minimum Gasteiger partial charge on any atom is -0.508 e. The maximum atomic E-state index is 11.8. The van der Waals surface area contributed by atoms with Crippen molar-refractivity contribution in [3.05, 3.63) is 52.5 Å². The first-order valence-electron chi connectivity index (χ1n) is 6.62. The van der Waals surface area contributed by atoms with Crippen molar-refractivity contribution in [1.29, 1.82) is 0 Å². The number of carbonyl (C=O) groups excluding carboxylic acids is 2. The van der Waals surface area contributed by atoms with Gasteiger partial charge in [-0.1, -0.05) is 17.7 Å². The van der Waals surface area contributed by atoms with Gasteiger partial charge in [-0.15, -0.1) is 0 Å². The van der Waals surface area contributed by atoms with E-state index in [1.54, 1.807) is 18.2 Å². The molecule has 0 radical (unpaired) electrons. The number of nitrogens with one attached hydrogen (secondary N) is 1. The van der Waals surface area contributed by atoms with Crippen molar-refractivity contribution in [3.63, 3.8) is 0 Å². The van der Waals surface area contributed by atoms with Gasteiger partial charge in [0.05, 0.1) is 10.7 Å². The second-order valence-electron chi connectivity index (χ2n) is 4.81. The molecule has 0 aromatic heterocycles. The van der Waals surface area contributed by atoms with E-state index in [1.165, 1.54) is 12.1 Å². The van der Waals surface area contributed by atoms with Crippen molar-refractivity contribution in [2.24, 2.45) is 0 Å². The Morgan fingerprint density at radius 3 is 2.57 bits per heavy atom. The molecule has 0 aliphatic carbocycles. The van der Waals surface area contributed by atoms with Gasteiger partial charge in [-0.25, -0.2) is 4.79 Å². The molecule has 23 heavy (non-hydrogen) atoms. The summed E-state index contributed by atoms with van der Waals surface area (Å²) in [5.74, 6) is -2.07. The van der Waals surface area contributed by atoms with Gasteiger partial charge < -0.3 is 20.3 Å². The molecule has 0 atom stereocenters. The number of halogens is 1. The SMILES string of the molecule is Cc1ccc(NC(=O)COC(=O)c2ccc(O)cc2O)c(Cl)c1. The molecule has 0 saturated heterocycles. The molecule has 0 bridgehead atoms. The average molecular weight is 336 g/mol. The number of rotatable bonds is 4. The van der Waals surface area contributed by atoms with Crippen LogP contribution < -0.4 is 5.32 Å². The van der Waals surface area contributed by atoms with E-state index in [9.17, 15) is 14.7 Å². The van der Waals surface area contributed by atoms with Crippen LogP contribution in [0.3, 0.4) is 0 Å². The lowest BCUT2D eigenvalue weighted by Gasteiger charge is -2.09. The van der Waals surface area contributed by atoms with Crippen LogP contribution in [0.4, 0.5) is 5.69 Å². The van der Waals surface area contributed by atoms with Crippen LogP contribution in [0.5, 0.6) is 11.5 Å².